The molecule has 1 N–H and O–H groups in total. The molecule has 6 heteroatoms. The molecule has 0 saturated heterocycles. The lowest BCUT2D eigenvalue weighted by Crippen LogP contribution is -2.30. The number of nitrogens with zero attached hydrogens (tertiary/aromatic N) is 2. The van der Waals surface area contributed by atoms with E-state index in [9.17, 15) is 9.59 Å². The summed E-state index contributed by atoms with van der Waals surface area (Å²) in [6, 6.07) is 14.1. The molecule has 0 atom stereocenters. The van der Waals surface area contributed by atoms with E-state index in [1.807, 2.05) is 0 Å². The highest BCUT2D eigenvalue weighted by atomic mass is 35.5. The van der Waals surface area contributed by atoms with Crippen LogP contribution in [-0.2, 0) is 0 Å². The maximum atomic E-state index is 12.3. The van der Waals surface area contributed by atoms with Crippen LogP contribution in [0.1, 0.15) is 39.1 Å². The number of nitrogens with one attached hydrogen (secondary N) is 1. The molecule has 2 amide bonds. The molecule has 1 heterocycles. The van der Waals surface area contributed by atoms with E-state index in [4.69, 9.17) is 16.9 Å². The van der Waals surface area contributed by atoms with E-state index in [0.29, 0.717) is 46.9 Å². The van der Waals surface area contributed by atoms with Gasteiger partial charge >= 0.3 is 0 Å². The number of nitriles is 1. The van der Waals surface area contributed by atoms with Crippen LogP contribution in [0.25, 0.3) is 0 Å². The number of fused-ring (bicyclic) bond motifs is 1. The van der Waals surface area contributed by atoms with Crippen LogP contribution < -0.4 is 5.32 Å². The van der Waals surface area contributed by atoms with Gasteiger partial charge in [-0.05, 0) is 37.1 Å². The number of amides is 2. The lowest BCUT2D eigenvalue weighted by Gasteiger charge is -2.14. The van der Waals surface area contributed by atoms with Crippen LogP contribution in [0.2, 0.25) is 5.02 Å². The molecule has 1 aliphatic heterocycles. The van der Waals surface area contributed by atoms with Gasteiger partial charge in [-0.2, -0.15) is 5.26 Å². The second-order valence-electron chi connectivity index (χ2n) is 5.72. The van der Waals surface area contributed by atoms with Crippen LogP contribution in [-0.4, -0.2) is 29.8 Å². The zero-order valence-electron chi connectivity index (χ0n) is 13.5. The predicted molar refractivity (Wildman–Crippen MR) is 95.7 cm³/mol. The average Bonchev–Trinajstić information content (AvgIpc) is 2.87. The second-order valence-corrected chi connectivity index (χ2v) is 6.12. The van der Waals surface area contributed by atoms with Gasteiger partial charge in [0.1, 0.15) is 6.07 Å². The molecule has 0 bridgehead atoms. The van der Waals surface area contributed by atoms with Gasteiger partial charge < -0.3 is 5.32 Å². The fourth-order valence-corrected chi connectivity index (χ4v) is 3.09. The number of benzene rings is 2. The Morgan fingerprint density at radius 2 is 1.68 bits per heavy atom. The van der Waals surface area contributed by atoms with Gasteiger partial charge in [0.15, 0.2) is 0 Å². The number of carbonyl (C=O) groups excluding carboxylic acids is 2. The minimum atomic E-state index is -0.230. The van der Waals surface area contributed by atoms with Crippen molar-refractivity contribution in [2.75, 3.05) is 18.4 Å². The Bertz CT molecular complexity index is 838. The Labute approximate surface area is 150 Å². The zero-order valence-corrected chi connectivity index (χ0v) is 14.2. The number of hydrogen-bond donors (Lipinski definition) is 1. The number of rotatable bonds is 6. The highest BCUT2D eigenvalue weighted by molar-refractivity contribution is 6.33. The Hall–Kier alpha value is -2.84. The van der Waals surface area contributed by atoms with Gasteiger partial charge in [0.25, 0.3) is 11.8 Å². The summed E-state index contributed by atoms with van der Waals surface area (Å²) in [5, 5.41) is 12.8. The first kappa shape index (κ1) is 17.0. The Morgan fingerprint density at radius 3 is 2.32 bits per heavy atom. The minimum absolute atomic E-state index is 0.230. The summed E-state index contributed by atoms with van der Waals surface area (Å²) >= 11 is 6.10. The van der Waals surface area contributed by atoms with E-state index in [2.05, 4.69) is 11.4 Å². The van der Waals surface area contributed by atoms with Crippen LogP contribution in [0.15, 0.2) is 42.5 Å². The minimum Gasteiger partial charge on any atom is -0.383 e. The van der Waals surface area contributed by atoms with E-state index < -0.39 is 0 Å². The van der Waals surface area contributed by atoms with Crippen LogP contribution in [0.5, 0.6) is 0 Å². The van der Waals surface area contributed by atoms with Crippen molar-refractivity contribution in [3.8, 4) is 6.07 Å². The Morgan fingerprint density at radius 1 is 1.00 bits per heavy atom. The number of halogens is 1. The first-order valence-corrected chi connectivity index (χ1v) is 8.39. The molecule has 0 fully saturated rings. The monoisotopic (exact) mass is 353 g/mol. The molecule has 2 aromatic carbocycles. The second kappa shape index (κ2) is 7.37. The predicted octanol–water partition coefficient (Wildman–Crippen LogP) is 3.70. The lowest BCUT2D eigenvalue weighted by molar-refractivity contribution is 0.0652. The van der Waals surface area contributed by atoms with E-state index in [0.717, 1.165) is 6.42 Å². The fourth-order valence-electron chi connectivity index (χ4n) is 2.85. The standard InChI is InChI=1S/C19H16ClN3O2/c20-16-9-5-6-13(12-21)17(16)22-10-3-4-11-23-18(24)14-7-1-2-8-15(14)19(23)25/h1-2,5-9,22H,3-4,10-11H2. The summed E-state index contributed by atoms with van der Waals surface area (Å²) in [6.07, 6.45) is 1.41. The maximum absolute atomic E-state index is 12.3. The van der Waals surface area contributed by atoms with Crippen LogP contribution in [0.3, 0.4) is 0 Å². The number of unbranched alkanes of at least 4 members (excludes halogenated alkanes) is 1. The fraction of sp³-hybridized carbons (Fsp3) is 0.211. The van der Waals surface area contributed by atoms with Gasteiger partial charge in [0, 0.05) is 13.1 Å². The molecule has 0 aromatic heterocycles. The first-order chi connectivity index (χ1) is 12.1. The van der Waals surface area contributed by atoms with Crippen molar-refractivity contribution >= 4 is 29.1 Å². The zero-order chi connectivity index (χ0) is 17.8. The van der Waals surface area contributed by atoms with Gasteiger partial charge in [-0.1, -0.05) is 29.8 Å². The number of anilines is 1. The van der Waals surface area contributed by atoms with E-state index in [1.54, 1.807) is 42.5 Å². The van der Waals surface area contributed by atoms with Crippen molar-refractivity contribution in [3.05, 3.63) is 64.2 Å². The SMILES string of the molecule is N#Cc1cccc(Cl)c1NCCCCN1C(=O)c2ccccc2C1=O. The van der Waals surface area contributed by atoms with Crippen molar-refractivity contribution in [2.45, 2.75) is 12.8 Å². The third-order valence-electron chi connectivity index (χ3n) is 4.12. The summed E-state index contributed by atoms with van der Waals surface area (Å²) in [7, 11) is 0. The summed E-state index contributed by atoms with van der Waals surface area (Å²) in [6.45, 7) is 0.975. The quantitative estimate of drug-likeness (QED) is 0.634. The maximum Gasteiger partial charge on any atom is 0.261 e. The molecule has 25 heavy (non-hydrogen) atoms. The number of carbonyl (C=O) groups is 2. The lowest BCUT2D eigenvalue weighted by atomic mass is 10.1. The van der Waals surface area contributed by atoms with Gasteiger partial charge in [-0.15, -0.1) is 0 Å². The summed E-state index contributed by atoms with van der Waals surface area (Å²) in [4.78, 5) is 25.8. The number of hydrogen-bond acceptors (Lipinski definition) is 4. The topological polar surface area (TPSA) is 73.2 Å². The normalized spacial score (nSPS) is 12.9. The number of para-hydroxylation sites is 1. The molecular weight excluding hydrogens is 338 g/mol. The first-order valence-electron chi connectivity index (χ1n) is 8.01. The smallest absolute Gasteiger partial charge is 0.261 e. The largest absolute Gasteiger partial charge is 0.383 e. The molecule has 0 saturated carbocycles. The van der Waals surface area contributed by atoms with E-state index in [1.165, 1.54) is 4.90 Å². The third-order valence-corrected chi connectivity index (χ3v) is 4.44. The third kappa shape index (κ3) is 3.35. The van der Waals surface area contributed by atoms with Crippen molar-refractivity contribution in [1.82, 2.24) is 4.90 Å². The summed E-state index contributed by atoms with van der Waals surface area (Å²) < 4.78 is 0. The van der Waals surface area contributed by atoms with E-state index >= 15 is 0 Å². The summed E-state index contributed by atoms with van der Waals surface area (Å²) in [5.74, 6) is -0.460. The number of imide groups is 1. The molecule has 0 unspecified atom stereocenters. The molecule has 2 aromatic rings. The van der Waals surface area contributed by atoms with Gasteiger partial charge in [0.2, 0.25) is 0 Å². The van der Waals surface area contributed by atoms with Crippen molar-refractivity contribution in [1.29, 1.82) is 5.26 Å². The van der Waals surface area contributed by atoms with Crippen molar-refractivity contribution < 1.29 is 9.59 Å². The van der Waals surface area contributed by atoms with Crippen LogP contribution in [0.4, 0.5) is 5.69 Å². The van der Waals surface area contributed by atoms with Gasteiger partial charge in [0.05, 0.1) is 27.4 Å². The molecule has 5 nitrogen and oxygen atoms in total. The van der Waals surface area contributed by atoms with Crippen molar-refractivity contribution in [2.24, 2.45) is 0 Å². The molecule has 0 spiro atoms. The summed E-state index contributed by atoms with van der Waals surface area (Å²) in [5.41, 5.74) is 2.06. The van der Waals surface area contributed by atoms with Gasteiger partial charge in [-0.3, -0.25) is 14.5 Å². The highest BCUT2D eigenvalue weighted by Gasteiger charge is 2.34. The van der Waals surface area contributed by atoms with E-state index in [-0.39, 0.29) is 11.8 Å². The molecular formula is C19H16ClN3O2. The van der Waals surface area contributed by atoms with Crippen LogP contribution >= 0.6 is 11.6 Å². The Kier molecular flexibility index (Phi) is 5.01. The highest BCUT2D eigenvalue weighted by Crippen LogP contribution is 2.26. The molecule has 0 radical (unpaired) electrons. The molecule has 3 rings (SSSR count). The average molecular weight is 354 g/mol. The molecule has 0 aliphatic carbocycles. The molecule has 126 valence electrons. The van der Waals surface area contributed by atoms with Crippen LogP contribution in [0, 0.1) is 11.3 Å². The Balaban J connectivity index is 1.52. The van der Waals surface area contributed by atoms with Gasteiger partial charge in [-0.25, -0.2) is 0 Å². The van der Waals surface area contributed by atoms with Crippen molar-refractivity contribution in [3.63, 3.8) is 0 Å². The molecule has 1 aliphatic rings.